The van der Waals surface area contributed by atoms with Gasteiger partial charge in [0, 0.05) is 18.5 Å². The molecule has 1 aliphatic heterocycles. The molecule has 23 heavy (non-hydrogen) atoms. The molecule has 0 N–H and O–H groups in total. The summed E-state index contributed by atoms with van der Waals surface area (Å²) in [4.78, 5) is 15.5. The normalized spacial score (nSPS) is 24.7. The van der Waals surface area contributed by atoms with Crippen molar-refractivity contribution in [2.24, 2.45) is 0 Å². The van der Waals surface area contributed by atoms with Gasteiger partial charge in [0.1, 0.15) is 11.6 Å². The second-order valence-electron chi connectivity index (χ2n) is 5.83. The fourth-order valence-corrected chi connectivity index (χ4v) is 3.54. The molecule has 2 unspecified atom stereocenters. The van der Waals surface area contributed by atoms with Gasteiger partial charge in [0.05, 0.1) is 6.04 Å². The predicted octanol–water partition coefficient (Wildman–Crippen LogP) is 3.48. The van der Waals surface area contributed by atoms with Crippen molar-refractivity contribution in [2.45, 2.75) is 43.8 Å². The lowest BCUT2D eigenvalue weighted by Gasteiger charge is -2.28. The molecule has 0 saturated carbocycles. The average Bonchev–Trinajstić information content (AvgIpc) is 3.03. The lowest BCUT2D eigenvalue weighted by molar-refractivity contribution is -0.242. The first-order valence-corrected chi connectivity index (χ1v) is 7.31. The zero-order chi connectivity index (χ0) is 16.8. The number of hydrogen-bond acceptors (Lipinski definition) is 3. The summed E-state index contributed by atoms with van der Waals surface area (Å²) in [5, 5.41) is 0.998. The lowest BCUT2D eigenvalue weighted by atomic mass is 9.91. The molecular weight excluding hydrogens is 321 g/mol. The van der Waals surface area contributed by atoms with E-state index in [9.17, 15) is 26.7 Å². The van der Waals surface area contributed by atoms with Crippen LogP contribution in [0.1, 0.15) is 36.3 Å². The Kier molecular flexibility index (Phi) is 4.03. The number of halogens is 5. The van der Waals surface area contributed by atoms with Crippen molar-refractivity contribution in [2.75, 3.05) is 6.54 Å². The largest absolute Gasteiger partial charge is 0.492 e. The molecule has 1 saturated heterocycles. The Hall–Kier alpha value is -1.70. The average molecular weight is 335 g/mol. The molecule has 2 aliphatic rings. The van der Waals surface area contributed by atoms with E-state index in [4.69, 9.17) is 0 Å². The molecular formula is C15H14F5NO2. The van der Waals surface area contributed by atoms with Gasteiger partial charge in [0.15, 0.2) is 0 Å². The third-order valence-electron chi connectivity index (χ3n) is 4.42. The first-order chi connectivity index (χ1) is 10.8. The number of hydrogen-bond donors (Lipinski definition) is 0. The van der Waals surface area contributed by atoms with Crippen LogP contribution in [-0.4, -0.2) is 29.8 Å². The maximum Gasteiger partial charge on any atom is 0.492 e. The van der Waals surface area contributed by atoms with Crippen LogP contribution in [0.5, 0.6) is 0 Å². The molecule has 0 amide bonds. The monoisotopic (exact) mass is 335 g/mol. The zero-order valence-electron chi connectivity index (χ0n) is 12.0. The molecule has 1 aliphatic carbocycles. The third-order valence-corrected chi connectivity index (χ3v) is 4.42. The summed E-state index contributed by atoms with van der Waals surface area (Å²) in [5.74, 6) is -4.05. The van der Waals surface area contributed by atoms with Crippen molar-refractivity contribution in [1.82, 2.24) is 5.06 Å². The fourth-order valence-electron chi connectivity index (χ4n) is 3.54. The summed E-state index contributed by atoms with van der Waals surface area (Å²) in [5.41, 5.74) is 0.854. The van der Waals surface area contributed by atoms with Gasteiger partial charge in [0.2, 0.25) is 0 Å². The van der Waals surface area contributed by atoms with Gasteiger partial charge in [-0.15, -0.1) is 5.06 Å². The molecule has 1 aromatic rings. The van der Waals surface area contributed by atoms with Gasteiger partial charge in [-0.2, -0.15) is 13.2 Å². The van der Waals surface area contributed by atoms with Crippen LogP contribution in [0.4, 0.5) is 22.0 Å². The maximum atomic E-state index is 14.1. The molecule has 0 radical (unpaired) electrons. The maximum absolute atomic E-state index is 14.1. The topological polar surface area (TPSA) is 29.5 Å². The molecule has 1 fully saturated rings. The van der Waals surface area contributed by atoms with E-state index in [-0.39, 0.29) is 6.54 Å². The first-order valence-electron chi connectivity index (χ1n) is 7.31. The number of fused-ring (bicyclic) bond motifs is 1. The molecule has 0 spiro atoms. The standard InChI is InChI=1S/C15H14F5NO2/c16-9-6-8-3-4-10(13(8)11(17)7-9)12-2-1-5-21(12)23-14(22)15(18,19)20/h6-7,10,12H,1-5H2. The molecule has 1 heterocycles. The Balaban J connectivity index is 1.82. The quantitative estimate of drug-likeness (QED) is 0.775. The molecule has 3 rings (SSSR count). The number of hydroxylamine groups is 2. The number of rotatable bonds is 2. The van der Waals surface area contributed by atoms with E-state index in [1.807, 2.05) is 0 Å². The van der Waals surface area contributed by atoms with Crippen LogP contribution in [0.3, 0.4) is 0 Å². The van der Waals surface area contributed by atoms with E-state index < -0.39 is 35.7 Å². The highest BCUT2D eigenvalue weighted by Crippen LogP contribution is 2.42. The SMILES string of the molecule is O=C(ON1CCCC1C1CCc2cc(F)cc(F)c21)C(F)(F)F. The van der Waals surface area contributed by atoms with Crippen LogP contribution < -0.4 is 0 Å². The smallest absolute Gasteiger partial charge is 0.361 e. The van der Waals surface area contributed by atoms with Gasteiger partial charge in [-0.3, -0.25) is 0 Å². The predicted molar refractivity (Wildman–Crippen MR) is 69.3 cm³/mol. The Labute approximate surface area is 129 Å². The number of aryl methyl sites for hydroxylation is 1. The minimum Gasteiger partial charge on any atom is -0.361 e. The van der Waals surface area contributed by atoms with Gasteiger partial charge < -0.3 is 4.84 Å². The van der Waals surface area contributed by atoms with Crippen LogP contribution in [-0.2, 0) is 16.1 Å². The second kappa shape index (κ2) is 5.74. The highest BCUT2D eigenvalue weighted by atomic mass is 19.4. The van der Waals surface area contributed by atoms with Crippen molar-refractivity contribution >= 4 is 5.97 Å². The van der Waals surface area contributed by atoms with E-state index in [2.05, 4.69) is 4.84 Å². The van der Waals surface area contributed by atoms with Gasteiger partial charge in [-0.05, 0) is 42.9 Å². The Morgan fingerprint density at radius 1 is 1.22 bits per heavy atom. The number of nitrogens with zero attached hydrogens (tertiary/aromatic N) is 1. The Morgan fingerprint density at radius 3 is 2.65 bits per heavy atom. The number of carbonyl (C=O) groups excluding carboxylic acids is 1. The summed E-state index contributed by atoms with van der Waals surface area (Å²) in [6, 6.07) is 1.50. The van der Waals surface area contributed by atoms with E-state index in [0.717, 1.165) is 11.1 Å². The lowest BCUT2D eigenvalue weighted by Crippen LogP contribution is -2.40. The number of carbonyl (C=O) groups is 1. The summed E-state index contributed by atoms with van der Waals surface area (Å²) >= 11 is 0. The van der Waals surface area contributed by atoms with Crippen LogP contribution in [0, 0.1) is 11.6 Å². The highest BCUT2D eigenvalue weighted by Gasteiger charge is 2.46. The van der Waals surface area contributed by atoms with Crippen LogP contribution in [0.2, 0.25) is 0 Å². The van der Waals surface area contributed by atoms with Gasteiger partial charge in [-0.25, -0.2) is 13.6 Å². The fraction of sp³-hybridized carbons (Fsp3) is 0.533. The summed E-state index contributed by atoms with van der Waals surface area (Å²) in [6.07, 6.45) is -3.10. The Morgan fingerprint density at radius 2 is 1.96 bits per heavy atom. The zero-order valence-corrected chi connectivity index (χ0v) is 12.0. The molecule has 126 valence electrons. The molecule has 2 atom stereocenters. The number of alkyl halides is 3. The van der Waals surface area contributed by atoms with Gasteiger partial charge in [0.25, 0.3) is 0 Å². The van der Waals surface area contributed by atoms with E-state index in [1.54, 1.807) is 0 Å². The second-order valence-corrected chi connectivity index (χ2v) is 5.83. The van der Waals surface area contributed by atoms with Crippen molar-refractivity contribution in [3.63, 3.8) is 0 Å². The third kappa shape index (κ3) is 3.04. The molecule has 0 bridgehead atoms. The summed E-state index contributed by atoms with van der Waals surface area (Å²) < 4.78 is 64.4. The van der Waals surface area contributed by atoms with Gasteiger partial charge in [-0.1, -0.05) is 0 Å². The van der Waals surface area contributed by atoms with E-state index in [1.165, 1.54) is 6.07 Å². The molecule has 0 aromatic heterocycles. The molecule has 8 heteroatoms. The first kappa shape index (κ1) is 16.2. The molecule has 1 aromatic carbocycles. The highest BCUT2D eigenvalue weighted by molar-refractivity contribution is 5.75. The minimum absolute atomic E-state index is 0.168. The van der Waals surface area contributed by atoms with Crippen LogP contribution >= 0.6 is 0 Å². The van der Waals surface area contributed by atoms with Crippen LogP contribution in [0.25, 0.3) is 0 Å². The number of benzene rings is 1. The van der Waals surface area contributed by atoms with E-state index in [0.29, 0.717) is 36.8 Å². The van der Waals surface area contributed by atoms with Crippen molar-refractivity contribution in [3.05, 3.63) is 34.9 Å². The minimum atomic E-state index is -5.07. The van der Waals surface area contributed by atoms with Crippen molar-refractivity contribution < 1.29 is 31.6 Å². The van der Waals surface area contributed by atoms with Crippen molar-refractivity contribution in [1.29, 1.82) is 0 Å². The van der Waals surface area contributed by atoms with Crippen molar-refractivity contribution in [3.8, 4) is 0 Å². The summed E-state index contributed by atoms with van der Waals surface area (Å²) in [7, 11) is 0. The Bertz CT molecular complexity index is 631. The van der Waals surface area contributed by atoms with Gasteiger partial charge >= 0.3 is 12.1 Å². The molecule has 3 nitrogen and oxygen atoms in total. The van der Waals surface area contributed by atoms with E-state index >= 15 is 0 Å². The van der Waals surface area contributed by atoms with Crippen LogP contribution in [0.15, 0.2) is 12.1 Å². The summed E-state index contributed by atoms with van der Waals surface area (Å²) in [6.45, 7) is 0.168.